The Morgan fingerprint density at radius 3 is 2.30 bits per heavy atom. The highest BCUT2D eigenvalue weighted by molar-refractivity contribution is 5.89. The number of hydrogen-bond acceptors (Lipinski definition) is 4. The summed E-state index contributed by atoms with van der Waals surface area (Å²) in [5.41, 5.74) is 1.98. The van der Waals surface area contributed by atoms with Crippen LogP contribution < -0.4 is 9.47 Å². The van der Waals surface area contributed by atoms with Crippen LogP contribution in [0.4, 0.5) is 4.39 Å². The first-order chi connectivity index (χ1) is 14.6. The molecule has 0 atom stereocenters. The van der Waals surface area contributed by atoms with Crippen LogP contribution in [0.5, 0.6) is 11.5 Å². The van der Waals surface area contributed by atoms with Crippen molar-refractivity contribution in [2.75, 3.05) is 6.61 Å². The molecule has 0 unspecified atom stereocenters. The summed E-state index contributed by atoms with van der Waals surface area (Å²) in [6.45, 7) is 2.50. The van der Waals surface area contributed by atoms with Gasteiger partial charge in [-0.2, -0.15) is 5.26 Å². The molecule has 0 amide bonds. The second-order valence-corrected chi connectivity index (χ2v) is 6.45. The van der Waals surface area contributed by atoms with E-state index in [1.54, 1.807) is 48.5 Å². The van der Waals surface area contributed by atoms with Gasteiger partial charge in [0.1, 0.15) is 17.3 Å². The smallest absolute Gasteiger partial charge is 0.315 e. The Morgan fingerprint density at radius 2 is 1.67 bits per heavy atom. The zero-order valence-corrected chi connectivity index (χ0v) is 16.5. The maximum atomic E-state index is 13.9. The summed E-state index contributed by atoms with van der Waals surface area (Å²) in [5.74, 6) is 0.314. The monoisotopic (exact) mass is 401 g/mol. The van der Waals surface area contributed by atoms with Crippen molar-refractivity contribution < 1.29 is 18.7 Å². The van der Waals surface area contributed by atoms with Gasteiger partial charge in [0.2, 0.25) is 0 Å². The molecule has 0 radical (unpaired) electrons. The van der Waals surface area contributed by atoms with Crippen LogP contribution in [0.2, 0.25) is 0 Å². The van der Waals surface area contributed by atoms with E-state index >= 15 is 0 Å². The van der Waals surface area contributed by atoms with Gasteiger partial charge in [0.15, 0.2) is 0 Å². The lowest BCUT2D eigenvalue weighted by Crippen LogP contribution is -2.11. The first-order valence-corrected chi connectivity index (χ1v) is 9.48. The Hall–Kier alpha value is -3.91. The molecule has 3 rings (SSSR count). The van der Waals surface area contributed by atoms with E-state index in [-0.39, 0.29) is 23.5 Å². The predicted molar refractivity (Wildman–Crippen MR) is 113 cm³/mol. The Morgan fingerprint density at radius 1 is 1.00 bits per heavy atom. The van der Waals surface area contributed by atoms with Crippen molar-refractivity contribution in [1.29, 1.82) is 5.26 Å². The average Bonchev–Trinajstić information content (AvgIpc) is 2.75. The zero-order chi connectivity index (χ0) is 21.3. The van der Waals surface area contributed by atoms with Crippen molar-refractivity contribution in [3.63, 3.8) is 0 Å². The number of halogens is 1. The van der Waals surface area contributed by atoms with Gasteiger partial charge >= 0.3 is 5.97 Å². The number of rotatable bonds is 7. The summed E-state index contributed by atoms with van der Waals surface area (Å²) >= 11 is 0. The van der Waals surface area contributed by atoms with Crippen LogP contribution in [-0.4, -0.2) is 12.6 Å². The molecule has 30 heavy (non-hydrogen) atoms. The first kappa shape index (κ1) is 20.8. The molecule has 0 aromatic heterocycles. The quantitative estimate of drug-likeness (QED) is 0.229. The normalized spacial score (nSPS) is 10.9. The summed E-state index contributed by atoms with van der Waals surface area (Å²) in [6, 6.07) is 22.1. The summed E-state index contributed by atoms with van der Waals surface area (Å²) in [7, 11) is 0. The van der Waals surface area contributed by atoms with Gasteiger partial charge in [0.05, 0.1) is 24.7 Å². The van der Waals surface area contributed by atoms with Crippen LogP contribution in [0.1, 0.15) is 23.6 Å². The second kappa shape index (κ2) is 10.0. The Labute approximate surface area is 174 Å². The minimum atomic E-state index is -0.454. The molecular formula is C25H20FNO3. The Kier molecular flexibility index (Phi) is 6.96. The molecule has 0 saturated heterocycles. The van der Waals surface area contributed by atoms with Crippen molar-refractivity contribution in [2.24, 2.45) is 0 Å². The molecule has 0 N–H and O–H groups in total. The minimum absolute atomic E-state index is 0.139. The lowest BCUT2D eigenvalue weighted by molar-refractivity contribution is -0.133. The maximum Gasteiger partial charge on any atom is 0.315 e. The minimum Gasteiger partial charge on any atom is -0.494 e. The van der Waals surface area contributed by atoms with E-state index in [1.165, 1.54) is 6.07 Å². The Balaban J connectivity index is 1.64. The van der Waals surface area contributed by atoms with Crippen molar-refractivity contribution in [2.45, 2.75) is 13.3 Å². The topological polar surface area (TPSA) is 59.3 Å². The van der Waals surface area contributed by atoms with Gasteiger partial charge in [-0.15, -0.1) is 0 Å². The number of carbonyl (C=O) groups excluding carboxylic acids is 1. The van der Waals surface area contributed by atoms with Gasteiger partial charge < -0.3 is 9.47 Å². The summed E-state index contributed by atoms with van der Waals surface area (Å²) in [6.07, 6.45) is 1.73. The number of nitriles is 1. The summed E-state index contributed by atoms with van der Waals surface area (Å²) < 4.78 is 24.7. The molecule has 0 aliphatic rings. The number of nitrogens with zero attached hydrogens (tertiary/aromatic N) is 1. The highest BCUT2D eigenvalue weighted by atomic mass is 19.1. The first-order valence-electron chi connectivity index (χ1n) is 9.48. The van der Waals surface area contributed by atoms with Crippen LogP contribution in [0.15, 0.2) is 72.8 Å². The van der Waals surface area contributed by atoms with Gasteiger partial charge in [-0.05, 0) is 54.5 Å². The van der Waals surface area contributed by atoms with Crippen molar-refractivity contribution in [3.05, 3.63) is 95.3 Å². The highest BCUT2D eigenvalue weighted by Crippen LogP contribution is 2.22. The molecule has 0 bridgehead atoms. The van der Waals surface area contributed by atoms with E-state index in [1.807, 2.05) is 37.3 Å². The van der Waals surface area contributed by atoms with E-state index in [4.69, 9.17) is 9.47 Å². The molecule has 0 aliphatic carbocycles. The molecule has 0 heterocycles. The van der Waals surface area contributed by atoms with E-state index in [9.17, 15) is 14.4 Å². The van der Waals surface area contributed by atoms with E-state index in [0.717, 1.165) is 11.3 Å². The van der Waals surface area contributed by atoms with Gasteiger partial charge in [0.25, 0.3) is 0 Å². The molecular weight excluding hydrogens is 381 g/mol. The van der Waals surface area contributed by atoms with E-state index < -0.39 is 5.82 Å². The van der Waals surface area contributed by atoms with Gasteiger partial charge in [0, 0.05) is 5.56 Å². The third kappa shape index (κ3) is 5.55. The SMILES string of the molecule is CCOc1ccc(CC(=O)Oc2ccc(/C=C(/C#N)c3ccccc3F)cc2)cc1. The van der Waals surface area contributed by atoms with Crippen molar-refractivity contribution in [1.82, 2.24) is 0 Å². The maximum absolute atomic E-state index is 13.9. The number of allylic oxidation sites excluding steroid dienone is 1. The van der Waals surface area contributed by atoms with Crippen molar-refractivity contribution in [3.8, 4) is 17.6 Å². The largest absolute Gasteiger partial charge is 0.494 e. The third-order valence-electron chi connectivity index (χ3n) is 4.29. The number of ether oxygens (including phenoxy) is 2. The molecule has 150 valence electrons. The second-order valence-electron chi connectivity index (χ2n) is 6.45. The van der Waals surface area contributed by atoms with Crippen LogP contribution in [-0.2, 0) is 11.2 Å². The fourth-order valence-corrected chi connectivity index (χ4v) is 2.85. The summed E-state index contributed by atoms with van der Waals surface area (Å²) in [4.78, 5) is 12.2. The van der Waals surface area contributed by atoms with Crippen LogP contribution in [0.25, 0.3) is 11.6 Å². The molecule has 3 aromatic carbocycles. The molecule has 0 spiro atoms. The molecule has 0 fully saturated rings. The molecule has 0 saturated carbocycles. The van der Waals surface area contributed by atoms with E-state index in [2.05, 4.69) is 0 Å². The number of carbonyl (C=O) groups is 1. The van der Waals surface area contributed by atoms with Crippen LogP contribution >= 0.6 is 0 Å². The number of benzene rings is 3. The van der Waals surface area contributed by atoms with Gasteiger partial charge in [-0.1, -0.05) is 42.5 Å². The number of esters is 1. The lowest BCUT2D eigenvalue weighted by Gasteiger charge is -2.07. The predicted octanol–water partition coefficient (Wildman–Crippen LogP) is 5.44. The summed E-state index contributed by atoms with van der Waals surface area (Å²) in [5, 5.41) is 9.36. The molecule has 0 aliphatic heterocycles. The fourth-order valence-electron chi connectivity index (χ4n) is 2.85. The molecule has 3 aromatic rings. The number of hydrogen-bond donors (Lipinski definition) is 0. The standard InChI is InChI=1S/C25H20FNO3/c1-2-29-21-11-7-19(8-12-21)16-25(28)30-22-13-9-18(10-14-22)15-20(17-27)23-5-3-4-6-24(23)26/h3-15H,2,16H2,1H3/b20-15-. The van der Waals surface area contributed by atoms with E-state index in [0.29, 0.717) is 17.9 Å². The third-order valence-corrected chi connectivity index (χ3v) is 4.29. The average molecular weight is 401 g/mol. The molecule has 5 heteroatoms. The zero-order valence-electron chi connectivity index (χ0n) is 16.5. The van der Waals surface area contributed by atoms with Crippen molar-refractivity contribution >= 4 is 17.6 Å². The highest BCUT2D eigenvalue weighted by Gasteiger charge is 2.09. The lowest BCUT2D eigenvalue weighted by atomic mass is 10.0. The van der Waals surface area contributed by atoms with Gasteiger partial charge in [-0.3, -0.25) is 4.79 Å². The molecule has 4 nitrogen and oxygen atoms in total. The van der Waals surface area contributed by atoms with Crippen LogP contribution in [0.3, 0.4) is 0 Å². The Bertz CT molecular complexity index is 1080. The van der Waals surface area contributed by atoms with Gasteiger partial charge in [-0.25, -0.2) is 4.39 Å². The van der Waals surface area contributed by atoms with Crippen LogP contribution in [0, 0.1) is 17.1 Å². The fraction of sp³-hybridized carbons (Fsp3) is 0.120.